The zero-order valence-electron chi connectivity index (χ0n) is 14.5. The summed E-state index contributed by atoms with van der Waals surface area (Å²) >= 11 is 6.41. The molecule has 7 heteroatoms. The number of aromatic nitrogens is 1. The first-order valence-electron chi connectivity index (χ1n) is 8.09. The summed E-state index contributed by atoms with van der Waals surface area (Å²) in [5.74, 6) is -1.31. The number of allylic oxidation sites excluding steroid dienone is 2. The number of fused-ring (bicyclic) bond motifs is 1. The molecule has 2 aromatic rings. The van der Waals surface area contributed by atoms with Crippen molar-refractivity contribution in [2.24, 2.45) is 5.73 Å². The molecule has 1 aromatic heterocycles. The van der Waals surface area contributed by atoms with Gasteiger partial charge in [0.05, 0.1) is 17.0 Å². The van der Waals surface area contributed by atoms with E-state index in [2.05, 4.69) is 11.6 Å². The van der Waals surface area contributed by atoms with Crippen LogP contribution in [-0.4, -0.2) is 17.6 Å². The van der Waals surface area contributed by atoms with Gasteiger partial charge in [-0.05, 0) is 19.1 Å². The second-order valence-corrected chi connectivity index (χ2v) is 6.20. The minimum absolute atomic E-state index is 0.0210. The van der Waals surface area contributed by atoms with Crippen LogP contribution in [0.3, 0.4) is 0 Å². The molecule has 0 radical (unpaired) electrons. The number of esters is 1. The number of benzene rings is 1. The van der Waals surface area contributed by atoms with Crippen LogP contribution < -0.4 is 5.73 Å². The van der Waals surface area contributed by atoms with Gasteiger partial charge in [0.1, 0.15) is 29.2 Å². The van der Waals surface area contributed by atoms with Gasteiger partial charge in [-0.15, -0.1) is 0 Å². The van der Waals surface area contributed by atoms with Crippen molar-refractivity contribution in [1.82, 2.24) is 4.98 Å². The summed E-state index contributed by atoms with van der Waals surface area (Å²) in [4.78, 5) is 17.0. The monoisotopic (exact) mass is 381 g/mol. The van der Waals surface area contributed by atoms with E-state index >= 15 is 0 Å². The lowest BCUT2D eigenvalue weighted by Crippen LogP contribution is -2.26. The van der Waals surface area contributed by atoms with Crippen molar-refractivity contribution >= 4 is 28.5 Å². The third-order valence-corrected chi connectivity index (χ3v) is 4.48. The van der Waals surface area contributed by atoms with Gasteiger partial charge in [0.15, 0.2) is 0 Å². The minimum atomic E-state index is -0.842. The normalized spacial score (nSPS) is 16.7. The molecule has 1 atom stereocenters. The Morgan fingerprint density at radius 2 is 2.26 bits per heavy atom. The number of halogens is 1. The van der Waals surface area contributed by atoms with Crippen molar-refractivity contribution in [2.45, 2.75) is 12.8 Å². The highest BCUT2D eigenvalue weighted by molar-refractivity contribution is 6.30. The minimum Gasteiger partial charge on any atom is -0.458 e. The molecule has 0 fully saturated rings. The van der Waals surface area contributed by atoms with E-state index < -0.39 is 11.9 Å². The predicted molar refractivity (Wildman–Crippen MR) is 101 cm³/mol. The van der Waals surface area contributed by atoms with Crippen LogP contribution in [0.15, 0.2) is 65.8 Å². The van der Waals surface area contributed by atoms with E-state index in [9.17, 15) is 10.1 Å². The van der Waals surface area contributed by atoms with Crippen molar-refractivity contribution in [3.8, 4) is 6.07 Å². The summed E-state index contributed by atoms with van der Waals surface area (Å²) in [7, 11) is 0. The lowest BCUT2D eigenvalue weighted by Gasteiger charge is -2.27. The highest BCUT2D eigenvalue weighted by Crippen LogP contribution is 2.42. The fourth-order valence-electron chi connectivity index (χ4n) is 2.98. The second-order valence-electron chi connectivity index (χ2n) is 5.84. The fourth-order valence-corrected chi connectivity index (χ4v) is 3.24. The Kier molecular flexibility index (Phi) is 5.15. The molecule has 27 heavy (non-hydrogen) atoms. The van der Waals surface area contributed by atoms with Gasteiger partial charge in [0.2, 0.25) is 5.88 Å². The zero-order chi connectivity index (χ0) is 19.6. The SMILES string of the molecule is C=CCOC(=O)C1=C(C)OC(N)=C(C#N)[C@H]1c1cc2ccccc2nc1Cl. The number of ether oxygens (including phenoxy) is 2. The molecule has 3 rings (SSSR count). The van der Waals surface area contributed by atoms with Gasteiger partial charge in [-0.1, -0.05) is 42.5 Å². The zero-order valence-corrected chi connectivity index (χ0v) is 15.3. The summed E-state index contributed by atoms with van der Waals surface area (Å²) in [6.45, 7) is 5.13. The van der Waals surface area contributed by atoms with Crippen LogP contribution in [0.2, 0.25) is 5.15 Å². The maximum absolute atomic E-state index is 12.7. The molecule has 1 aliphatic rings. The number of carbonyl (C=O) groups excluding carboxylic acids is 1. The van der Waals surface area contributed by atoms with E-state index in [0.29, 0.717) is 11.1 Å². The number of nitrogens with zero attached hydrogens (tertiary/aromatic N) is 2. The Bertz CT molecular complexity index is 1050. The standard InChI is InChI=1S/C20H16ClN3O3/c1-3-8-26-20(25)16-11(2)27-19(23)14(10-22)17(16)13-9-12-6-4-5-7-15(12)24-18(13)21/h3-7,9,17H,1,8,23H2,2H3/t17-/m1/s1. The molecule has 1 aliphatic heterocycles. The molecule has 0 spiro atoms. The lowest BCUT2D eigenvalue weighted by molar-refractivity contribution is -0.138. The third-order valence-electron chi connectivity index (χ3n) is 4.17. The first kappa shape index (κ1) is 18.5. The Morgan fingerprint density at radius 1 is 1.52 bits per heavy atom. The smallest absolute Gasteiger partial charge is 0.338 e. The average molecular weight is 382 g/mol. The molecular formula is C20H16ClN3O3. The maximum Gasteiger partial charge on any atom is 0.338 e. The van der Waals surface area contributed by atoms with Crippen LogP contribution in [0.4, 0.5) is 0 Å². The Hall–Kier alpha value is -3.30. The number of nitrogens with two attached hydrogens (primary N) is 1. The molecule has 0 bridgehead atoms. The van der Waals surface area contributed by atoms with E-state index in [4.69, 9.17) is 26.8 Å². The van der Waals surface area contributed by atoms with E-state index in [-0.39, 0.29) is 34.5 Å². The number of nitriles is 1. The topological polar surface area (TPSA) is 98.2 Å². The first-order chi connectivity index (χ1) is 13.0. The van der Waals surface area contributed by atoms with Crippen LogP contribution in [0.25, 0.3) is 10.9 Å². The molecule has 0 unspecified atom stereocenters. The van der Waals surface area contributed by atoms with Gasteiger partial charge in [-0.3, -0.25) is 0 Å². The van der Waals surface area contributed by atoms with Crippen molar-refractivity contribution < 1.29 is 14.3 Å². The van der Waals surface area contributed by atoms with Gasteiger partial charge in [-0.25, -0.2) is 9.78 Å². The summed E-state index contributed by atoms with van der Waals surface area (Å²) in [6, 6.07) is 11.2. The van der Waals surface area contributed by atoms with Gasteiger partial charge in [0.25, 0.3) is 0 Å². The summed E-state index contributed by atoms with van der Waals surface area (Å²) in [5.41, 5.74) is 7.30. The molecule has 6 nitrogen and oxygen atoms in total. The number of rotatable bonds is 4. The highest BCUT2D eigenvalue weighted by Gasteiger charge is 2.37. The number of para-hydroxylation sites is 1. The Morgan fingerprint density at radius 3 is 2.96 bits per heavy atom. The van der Waals surface area contributed by atoms with Crippen LogP contribution in [0.1, 0.15) is 18.4 Å². The molecule has 0 amide bonds. The van der Waals surface area contributed by atoms with E-state index in [1.54, 1.807) is 13.0 Å². The Labute approximate surface area is 161 Å². The Balaban J connectivity index is 2.22. The number of pyridine rings is 1. The number of carbonyl (C=O) groups is 1. The maximum atomic E-state index is 12.7. The van der Waals surface area contributed by atoms with Gasteiger partial charge in [0, 0.05) is 10.9 Å². The van der Waals surface area contributed by atoms with Gasteiger partial charge >= 0.3 is 5.97 Å². The van der Waals surface area contributed by atoms with Crippen molar-refractivity contribution in [1.29, 1.82) is 5.26 Å². The molecule has 0 saturated heterocycles. The van der Waals surface area contributed by atoms with Crippen molar-refractivity contribution in [3.63, 3.8) is 0 Å². The van der Waals surface area contributed by atoms with Gasteiger partial charge < -0.3 is 15.2 Å². The van der Waals surface area contributed by atoms with Gasteiger partial charge in [-0.2, -0.15) is 5.26 Å². The second kappa shape index (κ2) is 7.52. The number of hydrogen-bond donors (Lipinski definition) is 1. The fraction of sp³-hybridized carbons (Fsp3) is 0.150. The summed E-state index contributed by atoms with van der Waals surface area (Å²) in [5, 5.41) is 10.6. The van der Waals surface area contributed by atoms with Crippen molar-refractivity contribution in [2.75, 3.05) is 6.61 Å². The average Bonchev–Trinajstić information content (AvgIpc) is 2.65. The summed E-state index contributed by atoms with van der Waals surface area (Å²) in [6.07, 6.45) is 1.45. The van der Waals surface area contributed by atoms with Crippen LogP contribution in [-0.2, 0) is 14.3 Å². The van der Waals surface area contributed by atoms with E-state index in [1.807, 2.05) is 30.3 Å². The molecule has 1 aromatic carbocycles. The highest BCUT2D eigenvalue weighted by atomic mass is 35.5. The van der Waals surface area contributed by atoms with Crippen LogP contribution in [0, 0.1) is 11.3 Å². The largest absolute Gasteiger partial charge is 0.458 e. The van der Waals surface area contributed by atoms with Crippen LogP contribution in [0.5, 0.6) is 0 Å². The quantitative estimate of drug-likeness (QED) is 0.492. The molecule has 136 valence electrons. The third kappa shape index (κ3) is 3.37. The molecular weight excluding hydrogens is 366 g/mol. The molecule has 2 heterocycles. The van der Waals surface area contributed by atoms with Crippen molar-refractivity contribution in [3.05, 3.63) is 76.5 Å². The lowest BCUT2D eigenvalue weighted by atomic mass is 9.83. The summed E-state index contributed by atoms with van der Waals surface area (Å²) < 4.78 is 10.6. The van der Waals surface area contributed by atoms with E-state index in [1.165, 1.54) is 6.08 Å². The number of hydrogen-bond acceptors (Lipinski definition) is 6. The van der Waals surface area contributed by atoms with E-state index in [0.717, 1.165) is 5.39 Å². The predicted octanol–water partition coefficient (Wildman–Crippen LogP) is 3.70. The first-order valence-corrected chi connectivity index (χ1v) is 8.47. The van der Waals surface area contributed by atoms with Crippen LogP contribution >= 0.6 is 11.6 Å². The molecule has 0 saturated carbocycles. The molecule has 2 N–H and O–H groups in total. The molecule has 0 aliphatic carbocycles.